The van der Waals surface area contributed by atoms with Gasteiger partial charge in [-0.1, -0.05) is 19.1 Å². The number of amides is 1. The Labute approximate surface area is 143 Å². The molecule has 1 aliphatic heterocycles. The highest BCUT2D eigenvalue weighted by Crippen LogP contribution is 2.38. The zero-order valence-corrected chi connectivity index (χ0v) is 15.1. The number of methoxy groups -OCH3 is 1. The first kappa shape index (κ1) is 19.9. The molecular formula is C18H27NO5. The molecule has 134 valence electrons. The second kappa shape index (κ2) is 7.64. The van der Waals surface area contributed by atoms with Crippen molar-refractivity contribution in [1.82, 2.24) is 4.90 Å². The molecule has 1 amide bonds. The lowest BCUT2D eigenvalue weighted by molar-refractivity contribution is -0.150. The third-order valence-corrected chi connectivity index (χ3v) is 3.90. The lowest BCUT2D eigenvalue weighted by atomic mass is 9.97. The molecule has 6 nitrogen and oxygen atoms in total. The monoisotopic (exact) mass is 337 g/mol. The van der Waals surface area contributed by atoms with Gasteiger partial charge < -0.3 is 9.47 Å². The molecule has 2 atom stereocenters. The Bertz CT molecular complexity index is 546. The minimum absolute atomic E-state index is 0.0479. The van der Waals surface area contributed by atoms with Crippen molar-refractivity contribution in [2.45, 2.75) is 64.1 Å². The van der Waals surface area contributed by atoms with Crippen molar-refractivity contribution in [2.24, 2.45) is 0 Å². The Hall–Kier alpha value is -2.11. The van der Waals surface area contributed by atoms with E-state index in [1.807, 2.05) is 0 Å². The summed E-state index contributed by atoms with van der Waals surface area (Å²) in [6.07, 6.45) is 5.11. The Morgan fingerprint density at radius 3 is 2.42 bits per heavy atom. The highest BCUT2D eigenvalue weighted by atomic mass is 16.6. The van der Waals surface area contributed by atoms with Gasteiger partial charge in [-0.25, -0.2) is 9.59 Å². The molecule has 0 aromatic heterocycles. The van der Waals surface area contributed by atoms with E-state index >= 15 is 0 Å². The van der Waals surface area contributed by atoms with Crippen LogP contribution >= 0.6 is 0 Å². The lowest BCUT2D eigenvalue weighted by Gasteiger charge is -2.36. The van der Waals surface area contributed by atoms with E-state index < -0.39 is 29.2 Å². The first-order chi connectivity index (χ1) is 11.1. The zero-order chi connectivity index (χ0) is 18.5. The van der Waals surface area contributed by atoms with Crippen LogP contribution in [-0.4, -0.2) is 47.0 Å². The molecule has 0 aromatic carbocycles. The third-order valence-electron chi connectivity index (χ3n) is 3.90. The molecule has 1 saturated heterocycles. The fourth-order valence-corrected chi connectivity index (χ4v) is 2.70. The molecule has 24 heavy (non-hydrogen) atoms. The fraction of sp³-hybridized carbons (Fsp3) is 0.611. The Balaban J connectivity index is 3.24. The molecule has 0 bridgehead atoms. The summed E-state index contributed by atoms with van der Waals surface area (Å²) in [6.45, 7) is 10.7. The van der Waals surface area contributed by atoms with Crippen LogP contribution in [0.5, 0.6) is 0 Å². The molecule has 6 heteroatoms. The lowest BCUT2D eigenvalue weighted by Crippen LogP contribution is -2.55. The van der Waals surface area contributed by atoms with Crippen LogP contribution in [0.4, 0.5) is 4.79 Å². The summed E-state index contributed by atoms with van der Waals surface area (Å²) in [5.41, 5.74) is -2.00. The molecule has 1 aliphatic rings. The number of rotatable bonds is 5. The minimum atomic E-state index is -1.29. The van der Waals surface area contributed by atoms with Crippen LogP contribution in [0.2, 0.25) is 0 Å². The maximum atomic E-state index is 12.7. The van der Waals surface area contributed by atoms with Crippen molar-refractivity contribution in [3.63, 3.8) is 0 Å². The number of ether oxygens (including phenoxy) is 2. The molecule has 1 rings (SSSR count). The van der Waals surface area contributed by atoms with Gasteiger partial charge in [-0.2, -0.15) is 0 Å². The third kappa shape index (κ3) is 4.24. The largest absolute Gasteiger partial charge is 0.467 e. The molecule has 0 radical (unpaired) electrons. The number of likely N-dealkylation sites (tertiary alicyclic amines) is 1. The van der Waals surface area contributed by atoms with E-state index in [1.165, 1.54) is 24.2 Å². The van der Waals surface area contributed by atoms with Gasteiger partial charge in [0.25, 0.3) is 0 Å². The first-order valence-corrected chi connectivity index (χ1v) is 8.06. The first-order valence-electron chi connectivity index (χ1n) is 8.06. The van der Waals surface area contributed by atoms with Crippen molar-refractivity contribution in [1.29, 1.82) is 0 Å². The quantitative estimate of drug-likeness (QED) is 0.438. The van der Waals surface area contributed by atoms with E-state index in [4.69, 9.17) is 9.47 Å². The van der Waals surface area contributed by atoms with Crippen molar-refractivity contribution in [3.05, 3.63) is 24.8 Å². The van der Waals surface area contributed by atoms with Crippen LogP contribution < -0.4 is 0 Å². The van der Waals surface area contributed by atoms with Crippen LogP contribution in [0.25, 0.3) is 0 Å². The van der Waals surface area contributed by atoms with Crippen LogP contribution in [0, 0.1) is 0 Å². The van der Waals surface area contributed by atoms with E-state index in [-0.39, 0.29) is 5.78 Å². The smallest absolute Gasteiger partial charge is 0.412 e. The van der Waals surface area contributed by atoms with E-state index in [0.29, 0.717) is 19.3 Å². The predicted molar refractivity (Wildman–Crippen MR) is 90.5 cm³/mol. The summed E-state index contributed by atoms with van der Waals surface area (Å²) in [4.78, 5) is 38.0. The number of ketones is 1. The summed E-state index contributed by atoms with van der Waals surface area (Å²) < 4.78 is 10.3. The van der Waals surface area contributed by atoms with Crippen molar-refractivity contribution in [3.8, 4) is 0 Å². The maximum Gasteiger partial charge on any atom is 0.412 e. The van der Waals surface area contributed by atoms with Gasteiger partial charge in [0.15, 0.2) is 11.3 Å². The van der Waals surface area contributed by atoms with Gasteiger partial charge in [0.1, 0.15) is 5.60 Å². The van der Waals surface area contributed by atoms with Gasteiger partial charge in [0, 0.05) is 6.42 Å². The summed E-state index contributed by atoms with van der Waals surface area (Å²) in [6, 6.07) is -0.438. The van der Waals surface area contributed by atoms with Crippen LogP contribution in [0.3, 0.4) is 0 Å². The summed E-state index contributed by atoms with van der Waals surface area (Å²) in [5.74, 6) is -0.616. The number of esters is 1. The van der Waals surface area contributed by atoms with Crippen LogP contribution in [0.15, 0.2) is 24.8 Å². The second-order valence-corrected chi connectivity index (χ2v) is 6.76. The van der Waals surface area contributed by atoms with Gasteiger partial charge >= 0.3 is 12.1 Å². The van der Waals surface area contributed by atoms with Gasteiger partial charge in [0.05, 0.1) is 13.2 Å². The molecule has 0 aromatic rings. The number of hydrogen-bond donors (Lipinski definition) is 0. The number of carbonyl (C=O) groups excluding carboxylic acids is 3. The van der Waals surface area contributed by atoms with Gasteiger partial charge in [0.2, 0.25) is 0 Å². The molecule has 0 saturated carbocycles. The number of carbonyl (C=O) groups is 3. The standard InChI is InChI=1S/C18H27NO5/c1-7-14(20)10-9-13-11-12-18(8-2,15(21)23-6)19(13)16(22)24-17(3,4)5/h8-10,13H,2,7,11-12H2,1,3-6H3/b10-9+/t13-,18+/m0/s1. The molecule has 0 aliphatic carbocycles. The van der Waals surface area contributed by atoms with E-state index in [9.17, 15) is 14.4 Å². The van der Waals surface area contributed by atoms with Crippen molar-refractivity contribution >= 4 is 17.8 Å². The fourth-order valence-electron chi connectivity index (χ4n) is 2.70. The number of allylic oxidation sites excluding steroid dienone is 1. The van der Waals surface area contributed by atoms with Crippen molar-refractivity contribution < 1.29 is 23.9 Å². The normalized spacial score (nSPS) is 24.0. The highest BCUT2D eigenvalue weighted by molar-refractivity contribution is 5.91. The Morgan fingerprint density at radius 2 is 1.96 bits per heavy atom. The van der Waals surface area contributed by atoms with Crippen LogP contribution in [-0.2, 0) is 19.1 Å². The van der Waals surface area contributed by atoms with Gasteiger partial charge in [-0.05, 0) is 39.7 Å². The van der Waals surface area contributed by atoms with Gasteiger partial charge in [-0.15, -0.1) is 6.58 Å². The summed E-state index contributed by atoms with van der Waals surface area (Å²) >= 11 is 0. The predicted octanol–water partition coefficient (Wildman–Crippen LogP) is 3.02. The topological polar surface area (TPSA) is 72.9 Å². The highest BCUT2D eigenvalue weighted by Gasteiger charge is 2.53. The molecule has 1 fully saturated rings. The van der Waals surface area contributed by atoms with Gasteiger partial charge in [-0.3, -0.25) is 9.69 Å². The summed E-state index contributed by atoms with van der Waals surface area (Å²) in [7, 11) is 1.27. The maximum absolute atomic E-state index is 12.7. The molecule has 0 spiro atoms. The van der Waals surface area contributed by atoms with Crippen LogP contribution in [0.1, 0.15) is 47.0 Å². The minimum Gasteiger partial charge on any atom is -0.467 e. The molecule has 0 N–H and O–H groups in total. The average Bonchev–Trinajstić information content (AvgIpc) is 2.89. The van der Waals surface area contributed by atoms with E-state index in [1.54, 1.807) is 33.8 Å². The second-order valence-electron chi connectivity index (χ2n) is 6.76. The Morgan fingerprint density at radius 1 is 1.33 bits per heavy atom. The molecular weight excluding hydrogens is 310 g/mol. The molecule has 1 heterocycles. The average molecular weight is 337 g/mol. The number of nitrogens with zero attached hydrogens (tertiary/aromatic N) is 1. The Kier molecular flexibility index (Phi) is 6.35. The van der Waals surface area contributed by atoms with E-state index in [2.05, 4.69) is 6.58 Å². The SMILES string of the molecule is C=C[C@]1(C(=O)OC)CC[C@H](/C=C/C(=O)CC)N1C(=O)OC(C)(C)C. The van der Waals surface area contributed by atoms with E-state index in [0.717, 1.165) is 0 Å². The molecule has 0 unspecified atom stereocenters. The van der Waals surface area contributed by atoms with Crippen molar-refractivity contribution in [2.75, 3.05) is 7.11 Å². The number of hydrogen-bond acceptors (Lipinski definition) is 5. The summed E-state index contributed by atoms with van der Waals surface area (Å²) in [5, 5.41) is 0. The zero-order valence-electron chi connectivity index (χ0n) is 15.1.